The van der Waals surface area contributed by atoms with Gasteiger partial charge in [-0.15, -0.1) is 5.53 Å². The molecule has 2 rings (SSSR count). The number of nitrogens with one attached hydrogen (secondary N) is 2. The molecular formula is C15H22N6O3. The second kappa shape index (κ2) is 6.44. The smallest absolute Gasteiger partial charge is 0.289 e. The first-order valence-corrected chi connectivity index (χ1v) is 7.49. The zero-order valence-electron chi connectivity index (χ0n) is 14.5. The van der Waals surface area contributed by atoms with Gasteiger partial charge in [0.05, 0.1) is 22.5 Å². The molecule has 0 radical (unpaired) electrons. The largest absolute Gasteiger partial charge is 0.350 e. The van der Waals surface area contributed by atoms with Crippen molar-refractivity contribution in [3.63, 3.8) is 0 Å². The lowest BCUT2D eigenvalue weighted by Gasteiger charge is -2.22. The van der Waals surface area contributed by atoms with E-state index in [0.29, 0.717) is 23.6 Å². The molecule has 1 aliphatic heterocycles. The van der Waals surface area contributed by atoms with E-state index in [2.05, 4.69) is 15.8 Å². The molecule has 0 unspecified atom stereocenters. The van der Waals surface area contributed by atoms with Crippen LogP contribution in [0.25, 0.3) is 0 Å². The number of carbonyl (C=O) groups excluding carboxylic acids is 1. The maximum atomic E-state index is 12.3. The number of aromatic nitrogens is 1. The number of anilines is 1. The highest BCUT2D eigenvalue weighted by Crippen LogP contribution is 2.26. The molecule has 0 saturated heterocycles. The van der Waals surface area contributed by atoms with E-state index in [1.165, 1.54) is 12.3 Å². The van der Waals surface area contributed by atoms with E-state index in [4.69, 9.17) is 0 Å². The lowest BCUT2D eigenvalue weighted by atomic mass is 9.97. The molecule has 2 N–H and O–H groups in total. The molecule has 0 spiro atoms. The van der Waals surface area contributed by atoms with E-state index < -0.39 is 4.92 Å². The SMILES string of the molecule is Cc1ncc([N+](=O)[O-])cc1N1C=C(C(=O)NCC(C)(C)C)N(C)N1. The van der Waals surface area contributed by atoms with Gasteiger partial charge in [0, 0.05) is 19.7 Å². The Balaban J connectivity index is 2.22. The summed E-state index contributed by atoms with van der Waals surface area (Å²) in [6, 6.07) is 1.41. The standard InChI is InChI=1S/C15H22N6O3/c1-10-12(6-11(7-16-10)21(23)24)20-8-13(19(5)18-20)14(22)17-9-15(2,3)4/h6-8,18H,9H2,1-5H3,(H,17,22). The fourth-order valence-corrected chi connectivity index (χ4v) is 2.08. The fourth-order valence-electron chi connectivity index (χ4n) is 2.08. The Hall–Kier alpha value is -2.68. The van der Waals surface area contributed by atoms with E-state index in [0.717, 1.165) is 0 Å². The summed E-state index contributed by atoms with van der Waals surface area (Å²) in [5.41, 5.74) is 4.34. The second-order valence-corrected chi connectivity index (χ2v) is 6.84. The van der Waals surface area contributed by atoms with E-state index in [1.807, 2.05) is 20.8 Å². The first-order chi connectivity index (χ1) is 11.1. The zero-order chi connectivity index (χ0) is 18.1. The number of hydrogen-bond donors (Lipinski definition) is 2. The van der Waals surface area contributed by atoms with Crippen molar-refractivity contribution in [2.24, 2.45) is 5.41 Å². The van der Waals surface area contributed by atoms with Crippen LogP contribution in [0.4, 0.5) is 11.4 Å². The molecule has 0 aliphatic carbocycles. The molecule has 9 nitrogen and oxygen atoms in total. The average molecular weight is 334 g/mol. The zero-order valence-corrected chi connectivity index (χ0v) is 14.5. The maximum Gasteiger partial charge on any atom is 0.289 e. The third-order valence-corrected chi connectivity index (χ3v) is 3.40. The minimum absolute atomic E-state index is 0.0267. The monoisotopic (exact) mass is 334 g/mol. The van der Waals surface area contributed by atoms with Crippen molar-refractivity contribution in [1.29, 1.82) is 0 Å². The van der Waals surface area contributed by atoms with Crippen LogP contribution in [-0.4, -0.2) is 34.4 Å². The number of rotatable bonds is 4. The molecule has 2 heterocycles. The molecule has 130 valence electrons. The van der Waals surface area contributed by atoms with Crippen molar-refractivity contribution < 1.29 is 9.72 Å². The Bertz CT molecular complexity index is 695. The van der Waals surface area contributed by atoms with E-state index in [9.17, 15) is 14.9 Å². The van der Waals surface area contributed by atoms with Gasteiger partial charge in [-0.25, -0.2) is 0 Å². The number of hydrogen-bond acceptors (Lipinski definition) is 7. The molecule has 0 atom stereocenters. The normalized spacial score (nSPS) is 14.6. The van der Waals surface area contributed by atoms with E-state index in [-0.39, 0.29) is 17.0 Å². The van der Waals surface area contributed by atoms with Crippen LogP contribution >= 0.6 is 0 Å². The molecular weight excluding hydrogens is 312 g/mol. The Labute approximate surface area is 140 Å². The quantitative estimate of drug-likeness (QED) is 0.635. The minimum atomic E-state index is -0.504. The molecule has 24 heavy (non-hydrogen) atoms. The van der Waals surface area contributed by atoms with E-state index in [1.54, 1.807) is 30.2 Å². The molecule has 1 aliphatic rings. The number of amides is 1. The summed E-state index contributed by atoms with van der Waals surface area (Å²) in [6.07, 6.45) is 2.80. The predicted octanol–water partition coefficient (Wildman–Crippen LogP) is 1.47. The van der Waals surface area contributed by atoms with Crippen molar-refractivity contribution in [3.8, 4) is 0 Å². The first-order valence-electron chi connectivity index (χ1n) is 7.49. The molecule has 0 fully saturated rings. The van der Waals surface area contributed by atoms with Gasteiger partial charge >= 0.3 is 0 Å². The number of nitrogens with zero attached hydrogens (tertiary/aromatic N) is 4. The number of pyridine rings is 1. The van der Waals surface area contributed by atoms with E-state index >= 15 is 0 Å². The van der Waals surface area contributed by atoms with Crippen LogP contribution in [0.2, 0.25) is 0 Å². The lowest BCUT2D eigenvalue weighted by Crippen LogP contribution is -2.42. The van der Waals surface area contributed by atoms with Gasteiger partial charge in [-0.05, 0) is 12.3 Å². The highest BCUT2D eigenvalue weighted by molar-refractivity contribution is 5.93. The summed E-state index contributed by atoms with van der Waals surface area (Å²) >= 11 is 0. The number of nitro groups is 1. The minimum Gasteiger partial charge on any atom is -0.350 e. The highest BCUT2D eigenvalue weighted by atomic mass is 16.6. The Morgan fingerprint density at radius 1 is 1.46 bits per heavy atom. The topological polar surface area (TPSA) is 104 Å². The van der Waals surface area contributed by atoms with Crippen LogP contribution in [0.5, 0.6) is 0 Å². The van der Waals surface area contributed by atoms with Crippen molar-refractivity contribution in [2.45, 2.75) is 27.7 Å². The van der Waals surface area contributed by atoms with Gasteiger partial charge in [-0.3, -0.25) is 29.9 Å². The molecule has 1 aromatic heterocycles. The summed E-state index contributed by atoms with van der Waals surface area (Å²) in [5, 5.41) is 16.9. The third kappa shape index (κ3) is 3.99. The van der Waals surface area contributed by atoms with Crippen molar-refractivity contribution >= 4 is 17.3 Å². The van der Waals surface area contributed by atoms with Crippen molar-refractivity contribution in [1.82, 2.24) is 20.8 Å². The van der Waals surface area contributed by atoms with Crippen molar-refractivity contribution in [3.05, 3.63) is 40.0 Å². The average Bonchev–Trinajstić information content (AvgIpc) is 2.86. The lowest BCUT2D eigenvalue weighted by molar-refractivity contribution is -0.385. The molecule has 0 bridgehead atoms. The van der Waals surface area contributed by atoms with Crippen LogP contribution in [0.1, 0.15) is 26.5 Å². The molecule has 0 saturated carbocycles. The summed E-state index contributed by atoms with van der Waals surface area (Å²) in [6.45, 7) is 8.37. The molecule has 1 amide bonds. The fraction of sp³-hybridized carbons (Fsp3) is 0.467. The molecule has 0 aromatic carbocycles. The number of likely N-dealkylation sites (N-methyl/N-ethyl adjacent to an activating group) is 1. The van der Waals surface area contributed by atoms with Crippen LogP contribution in [0.3, 0.4) is 0 Å². The number of aryl methyl sites for hydroxylation is 1. The maximum absolute atomic E-state index is 12.3. The third-order valence-electron chi connectivity index (χ3n) is 3.40. The second-order valence-electron chi connectivity index (χ2n) is 6.84. The summed E-state index contributed by atoms with van der Waals surface area (Å²) in [7, 11) is 1.70. The van der Waals surface area contributed by atoms with Crippen molar-refractivity contribution in [2.75, 3.05) is 18.6 Å². The Morgan fingerprint density at radius 3 is 2.71 bits per heavy atom. The van der Waals surface area contributed by atoms with Crippen LogP contribution in [0, 0.1) is 22.5 Å². The number of carbonyl (C=O) groups is 1. The van der Waals surface area contributed by atoms with Gasteiger partial charge in [-0.1, -0.05) is 20.8 Å². The Kier molecular flexibility index (Phi) is 4.74. The van der Waals surface area contributed by atoms with Gasteiger partial charge in [0.1, 0.15) is 11.9 Å². The highest BCUT2D eigenvalue weighted by Gasteiger charge is 2.27. The van der Waals surface area contributed by atoms with Gasteiger partial charge < -0.3 is 5.32 Å². The summed E-state index contributed by atoms with van der Waals surface area (Å²) < 4.78 is 0. The van der Waals surface area contributed by atoms with Gasteiger partial charge in [0.25, 0.3) is 11.6 Å². The summed E-state index contributed by atoms with van der Waals surface area (Å²) in [5.74, 6) is -0.224. The van der Waals surface area contributed by atoms with Crippen LogP contribution < -0.4 is 15.9 Å². The predicted molar refractivity (Wildman–Crippen MR) is 89.6 cm³/mol. The van der Waals surface area contributed by atoms with Gasteiger partial charge in [0.2, 0.25) is 0 Å². The summed E-state index contributed by atoms with van der Waals surface area (Å²) in [4.78, 5) is 26.8. The van der Waals surface area contributed by atoms with Gasteiger partial charge in [0.15, 0.2) is 0 Å². The van der Waals surface area contributed by atoms with Crippen LogP contribution in [-0.2, 0) is 4.79 Å². The Morgan fingerprint density at radius 2 is 2.12 bits per heavy atom. The van der Waals surface area contributed by atoms with Gasteiger partial charge in [-0.2, -0.15) is 0 Å². The molecule has 1 aromatic rings. The molecule has 9 heteroatoms. The van der Waals surface area contributed by atoms with Crippen LogP contribution in [0.15, 0.2) is 24.2 Å². The first kappa shape index (κ1) is 17.7. The number of hydrazine groups is 2.